The summed E-state index contributed by atoms with van der Waals surface area (Å²) in [7, 11) is -0.174. The third kappa shape index (κ3) is 6.11. The first kappa shape index (κ1) is 25.0. The van der Waals surface area contributed by atoms with E-state index in [1.807, 2.05) is 0 Å². The largest absolute Gasteiger partial charge is 0.389 e. The third-order valence-electron chi connectivity index (χ3n) is 5.20. The van der Waals surface area contributed by atoms with E-state index in [-0.39, 0.29) is 23.8 Å². The number of rotatable bonds is 10. The maximum atomic E-state index is 13.1. The Morgan fingerprint density at radius 1 is 1.29 bits per heavy atom. The van der Waals surface area contributed by atoms with Crippen LogP contribution in [0.25, 0.3) is 0 Å². The minimum absolute atomic E-state index is 0.0300. The van der Waals surface area contributed by atoms with E-state index < -0.39 is 21.0 Å². The molecule has 0 aliphatic carbocycles. The quantitative estimate of drug-likeness (QED) is 0.318. The fourth-order valence-electron chi connectivity index (χ4n) is 3.41. The van der Waals surface area contributed by atoms with Crippen molar-refractivity contribution in [1.29, 1.82) is 0 Å². The van der Waals surface area contributed by atoms with Gasteiger partial charge in [0.1, 0.15) is 5.69 Å². The van der Waals surface area contributed by atoms with Crippen molar-refractivity contribution in [3.8, 4) is 0 Å². The molecule has 3 aromatic rings. The van der Waals surface area contributed by atoms with E-state index in [1.54, 1.807) is 37.3 Å². The summed E-state index contributed by atoms with van der Waals surface area (Å²) in [6.07, 6.45) is 3.84. The molecule has 2 aromatic heterocycles. The molecule has 4 rings (SSSR count). The Balaban J connectivity index is 1.56. The number of anilines is 1. The number of aryl methyl sites for hydroxylation is 1. The molecule has 1 amide bonds. The minimum Gasteiger partial charge on any atom is -0.389 e. The van der Waals surface area contributed by atoms with E-state index in [4.69, 9.17) is 14.3 Å². The number of nitrogens with one attached hydrogen (secondary N) is 1. The Morgan fingerprint density at radius 3 is 2.74 bits per heavy atom. The SMILES string of the molecule is COCc1cnc(NC(=O)/C(=N/OCc2ccn(C)n2)c2ccc(S(=O)(=O)[C@H]3CCOC3)cc2)s1. The van der Waals surface area contributed by atoms with Crippen molar-refractivity contribution in [3.05, 3.63) is 58.9 Å². The van der Waals surface area contributed by atoms with Gasteiger partial charge in [-0.25, -0.2) is 13.4 Å². The number of carbonyl (C=O) groups excluding carboxylic acids is 1. The average molecular weight is 520 g/mol. The van der Waals surface area contributed by atoms with Crippen LogP contribution in [0.1, 0.15) is 22.6 Å². The predicted molar refractivity (Wildman–Crippen MR) is 129 cm³/mol. The lowest BCUT2D eigenvalue weighted by atomic mass is 10.1. The Morgan fingerprint density at radius 2 is 2.09 bits per heavy atom. The molecule has 0 bridgehead atoms. The van der Waals surface area contributed by atoms with E-state index in [9.17, 15) is 13.2 Å². The van der Waals surface area contributed by atoms with Gasteiger partial charge in [0.05, 0.1) is 28.2 Å². The van der Waals surface area contributed by atoms with Gasteiger partial charge in [-0.2, -0.15) is 5.10 Å². The second kappa shape index (κ2) is 11.1. The van der Waals surface area contributed by atoms with E-state index in [2.05, 4.69) is 20.6 Å². The highest BCUT2D eigenvalue weighted by molar-refractivity contribution is 7.92. The number of amides is 1. The molecular weight excluding hydrogens is 494 g/mol. The molecule has 3 heterocycles. The monoisotopic (exact) mass is 519 g/mol. The van der Waals surface area contributed by atoms with Crippen molar-refractivity contribution in [1.82, 2.24) is 14.8 Å². The molecule has 1 aliphatic rings. The summed E-state index contributed by atoms with van der Waals surface area (Å²) in [6.45, 7) is 1.04. The van der Waals surface area contributed by atoms with Crippen LogP contribution in [0.2, 0.25) is 0 Å². The standard InChI is InChI=1S/C22H25N5O6S2/c1-27-9-7-16(25-27)12-33-26-20(21(28)24-22-23-11-17(34-22)13-31-2)15-3-5-18(6-4-15)35(29,30)19-8-10-32-14-19/h3-7,9,11,19H,8,10,12-14H2,1-2H3,(H,23,24,28)/b26-20+/t19-/m0/s1. The molecule has 1 aliphatic heterocycles. The Bertz CT molecular complexity index is 1290. The topological polar surface area (TPSA) is 134 Å². The second-order valence-corrected chi connectivity index (χ2v) is 11.1. The highest BCUT2D eigenvalue weighted by Crippen LogP contribution is 2.23. The van der Waals surface area contributed by atoms with Gasteiger partial charge in [-0.05, 0) is 24.6 Å². The van der Waals surface area contributed by atoms with Crippen molar-refractivity contribution in [2.75, 3.05) is 25.6 Å². The van der Waals surface area contributed by atoms with Gasteiger partial charge >= 0.3 is 0 Å². The number of ether oxygens (including phenoxy) is 2. The number of hydrogen-bond donors (Lipinski definition) is 1. The van der Waals surface area contributed by atoms with Crippen LogP contribution in [0.3, 0.4) is 0 Å². The van der Waals surface area contributed by atoms with Crippen LogP contribution in [-0.2, 0) is 49.2 Å². The fourth-order valence-corrected chi connectivity index (χ4v) is 5.77. The van der Waals surface area contributed by atoms with Crippen LogP contribution in [0.5, 0.6) is 0 Å². The van der Waals surface area contributed by atoms with Crippen LogP contribution in [-0.4, -0.2) is 60.4 Å². The van der Waals surface area contributed by atoms with Crippen LogP contribution < -0.4 is 5.32 Å². The zero-order valence-corrected chi connectivity index (χ0v) is 20.8. The smallest absolute Gasteiger partial charge is 0.280 e. The lowest BCUT2D eigenvalue weighted by Gasteiger charge is -2.11. The normalized spacial score (nSPS) is 16.4. The Kier molecular flexibility index (Phi) is 7.90. The molecular formula is C22H25N5O6S2. The maximum Gasteiger partial charge on any atom is 0.280 e. The number of oxime groups is 1. The molecule has 13 heteroatoms. The highest BCUT2D eigenvalue weighted by atomic mass is 32.2. The summed E-state index contributed by atoms with van der Waals surface area (Å²) >= 11 is 1.27. The van der Waals surface area contributed by atoms with Crippen LogP contribution in [0.4, 0.5) is 5.13 Å². The lowest BCUT2D eigenvalue weighted by molar-refractivity contribution is -0.110. The first-order chi connectivity index (χ1) is 16.9. The van der Waals surface area contributed by atoms with Gasteiger partial charge in [0, 0.05) is 38.7 Å². The molecule has 1 N–H and O–H groups in total. The second-order valence-electron chi connectivity index (χ2n) is 7.77. The van der Waals surface area contributed by atoms with E-state index in [0.717, 1.165) is 4.88 Å². The summed E-state index contributed by atoms with van der Waals surface area (Å²) < 4.78 is 37.6. The van der Waals surface area contributed by atoms with Crippen molar-refractivity contribution >= 4 is 37.9 Å². The summed E-state index contributed by atoms with van der Waals surface area (Å²) in [5, 5.41) is 10.8. The number of sulfone groups is 1. The molecule has 1 aromatic carbocycles. The number of nitrogens with zero attached hydrogens (tertiary/aromatic N) is 4. The van der Waals surface area contributed by atoms with Gasteiger partial charge in [-0.1, -0.05) is 28.6 Å². The minimum atomic E-state index is -3.53. The van der Waals surface area contributed by atoms with E-state index >= 15 is 0 Å². The van der Waals surface area contributed by atoms with E-state index in [1.165, 1.54) is 35.6 Å². The van der Waals surface area contributed by atoms with Crippen molar-refractivity contribution in [2.24, 2.45) is 12.2 Å². The first-order valence-corrected chi connectivity index (χ1v) is 13.1. The molecule has 0 unspecified atom stereocenters. The molecule has 0 radical (unpaired) electrons. The zero-order valence-electron chi connectivity index (χ0n) is 19.2. The van der Waals surface area contributed by atoms with Gasteiger partial charge in [0.2, 0.25) is 0 Å². The van der Waals surface area contributed by atoms with Gasteiger partial charge in [0.15, 0.2) is 27.3 Å². The number of carbonyl (C=O) groups is 1. The molecule has 35 heavy (non-hydrogen) atoms. The van der Waals surface area contributed by atoms with Gasteiger partial charge in [-0.3, -0.25) is 14.8 Å². The molecule has 1 saturated heterocycles. The summed E-state index contributed by atoms with van der Waals surface area (Å²) in [6, 6.07) is 7.76. The Labute approximate surface area is 206 Å². The lowest BCUT2D eigenvalue weighted by Crippen LogP contribution is -2.25. The molecule has 1 fully saturated rings. The average Bonchev–Trinajstić information content (AvgIpc) is 3.60. The summed E-state index contributed by atoms with van der Waals surface area (Å²) in [5.74, 6) is -0.552. The Hall–Kier alpha value is -3.13. The van der Waals surface area contributed by atoms with Gasteiger partial charge < -0.3 is 14.3 Å². The summed E-state index contributed by atoms with van der Waals surface area (Å²) in [5.41, 5.74) is 0.997. The van der Waals surface area contributed by atoms with Gasteiger partial charge in [0.25, 0.3) is 5.91 Å². The molecule has 0 saturated carbocycles. The number of methoxy groups -OCH3 is 1. The number of aromatic nitrogens is 3. The van der Waals surface area contributed by atoms with Gasteiger partial charge in [-0.15, -0.1) is 0 Å². The first-order valence-electron chi connectivity index (χ1n) is 10.7. The van der Waals surface area contributed by atoms with Crippen molar-refractivity contribution in [3.63, 3.8) is 0 Å². The van der Waals surface area contributed by atoms with Crippen LogP contribution >= 0.6 is 11.3 Å². The van der Waals surface area contributed by atoms with Crippen molar-refractivity contribution in [2.45, 2.75) is 29.8 Å². The predicted octanol–water partition coefficient (Wildman–Crippen LogP) is 2.15. The maximum absolute atomic E-state index is 13.1. The fraction of sp³-hybridized carbons (Fsp3) is 0.364. The third-order valence-corrected chi connectivity index (χ3v) is 8.26. The molecule has 1 atom stereocenters. The number of hydrogen-bond acceptors (Lipinski definition) is 10. The molecule has 0 spiro atoms. The molecule has 11 nitrogen and oxygen atoms in total. The van der Waals surface area contributed by atoms with Crippen molar-refractivity contribution < 1.29 is 27.5 Å². The highest BCUT2D eigenvalue weighted by Gasteiger charge is 2.31. The van der Waals surface area contributed by atoms with Crippen LogP contribution in [0, 0.1) is 0 Å². The number of benzene rings is 1. The van der Waals surface area contributed by atoms with Crippen LogP contribution in [0.15, 0.2) is 52.8 Å². The zero-order chi connectivity index (χ0) is 24.8. The van der Waals surface area contributed by atoms with E-state index in [0.29, 0.717) is 36.0 Å². The number of thiazole rings is 1. The molecule has 186 valence electrons. The summed E-state index contributed by atoms with van der Waals surface area (Å²) in [4.78, 5) is 23.7.